The molecule has 0 saturated carbocycles. The van der Waals surface area contributed by atoms with E-state index >= 15 is 0 Å². The van der Waals surface area contributed by atoms with Crippen LogP contribution in [0.5, 0.6) is 0 Å². The first-order chi connectivity index (χ1) is 11.7. The Hall–Kier alpha value is -2.53. The van der Waals surface area contributed by atoms with Gasteiger partial charge in [-0.05, 0) is 25.1 Å². The Morgan fingerprint density at radius 3 is 2.80 bits per heavy atom. The van der Waals surface area contributed by atoms with Crippen molar-refractivity contribution in [2.45, 2.75) is 13.0 Å². The third-order valence-electron chi connectivity index (χ3n) is 3.44. The highest BCUT2D eigenvalue weighted by atomic mass is 32.2. The van der Waals surface area contributed by atoms with Gasteiger partial charge in [-0.25, -0.2) is 18.9 Å². The summed E-state index contributed by atoms with van der Waals surface area (Å²) < 4.78 is 47.3. The number of cyclic esters (lactones) is 1. The van der Waals surface area contributed by atoms with Crippen LogP contribution in [0.1, 0.15) is 5.82 Å². The van der Waals surface area contributed by atoms with Crippen LogP contribution in [0.25, 0.3) is 5.69 Å². The van der Waals surface area contributed by atoms with E-state index in [9.17, 15) is 17.6 Å². The first-order valence-electron chi connectivity index (χ1n) is 7.24. The van der Waals surface area contributed by atoms with Crippen molar-refractivity contribution in [2.75, 3.05) is 24.3 Å². The van der Waals surface area contributed by atoms with E-state index in [0.717, 1.165) is 6.26 Å². The van der Waals surface area contributed by atoms with Gasteiger partial charge >= 0.3 is 6.09 Å². The summed E-state index contributed by atoms with van der Waals surface area (Å²) in [5.41, 5.74) is 0.471. The third kappa shape index (κ3) is 3.94. The van der Waals surface area contributed by atoms with E-state index in [4.69, 9.17) is 4.74 Å². The lowest BCUT2D eigenvalue weighted by Crippen LogP contribution is -2.26. The molecule has 0 radical (unpaired) electrons. The molecule has 1 aromatic heterocycles. The molecule has 1 saturated heterocycles. The monoisotopic (exact) mass is 370 g/mol. The molecule has 1 aliphatic heterocycles. The summed E-state index contributed by atoms with van der Waals surface area (Å²) in [4.78, 5) is 17.1. The van der Waals surface area contributed by atoms with Crippen molar-refractivity contribution in [3.05, 3.63) is 36.2 Å². The molecule has 0 aliphatic carbocycles. The van der Waals surface area contributed by atoms with Crippen LogP contribution in [0.4, 0.5) is 14.9 Å². The van der Waals surface area contributed by atoms with Crippen molar-refractivity contribution in [2.24, 2.45) is 0 Å². The molecule has 2 aromatic rings. The Morgan fingerprint density at radius 1 is 1.44 bits per heavy atom. The molecule has 0 unspecified atom stereocenters. The first-order valence-corrected chi connectivity index (χ1v) is 9.05. The predicted octanol–water partition coefficient (Wildman–Crippen LogP) is 1.02. The summed E-state index contributed by atoms with van der Waals surface area (Å²) >= 11 is 0. The molecule has 1 aliphatic rings. The second kappa shape index (κ2) is 6.41. The number of ether oxygens (including phenoxy) is 1. The predicted molar refractivity (Wildman–Crippen MR) is 84.5 cm³/mol. The zero-order valence-electron chi connectivity index (χ0n) is 13.4. The van der Waals surface area contributed by atoms with Crippen LogP contribution in [0, 0.1) is 12.7 Å². The maximum Gasteiger partial charge on any atom is 0.414 e. The lowest BCUT2D eigenvalue weighted by molar-refractivity contribution is 0.107. The molecular formula is C14H15FN4O5S. The standard InChI is InChI=1S/C14H15FN4O5S/c1-9-16-8-19(17-9)13-4-3-10(5-12(13)15)18-6-11(24-14(18)20)7-23-25(2,21)22/h3-5,8,11H,6-7H2,1-2H3/t11-/m1/s1. The molecule has 2 heterocycles. The fraction of sp³-hybridized carbons (Fsp3) is 0.357. The minimum atomic E-state index is -3.64. The van der Waals surface area contributed by atoms with E-state index < -0.39 is 28.1 Å². The minimum Gasteiger partial charge on any atom is -0.441 e. The largest absolute Gasteiger partial charge is 0.441 e. The molecule has 11 heteroatoms. The first kappa shape index (κ1) is 17.3. The number of aryl methyl sites for hydroxylation is 1. The minimum absolute atomic E-state index is 0.0512. The Bertz CT molecular complexity index is 914. The van der Waals surface area contributed by atoms with Crippen LogP contribution in [0.2, 0.25) is 0 Å². The Balaban J connectivity index is 1.76. The molecule has 1 amide bonds. The number of benzene rings is 1. The zero-order valence-corrected chi connectivity index (χ0v) is 14.2. The highest BCUT2D eigenvalue weighted by Gasteiger charge is 2.33. The van der Waals surface area contributed by atoms with E-state index in [0.29, 0.717) is 5.82 Å². The van der Waals surface area contributed by atoms with E-state index in [2.05, 4.69) is 14.3 Å². The number of carbonyl (C=O) groups excluding carboxylic acids is 1. The summed E-state index contributed by atoms with van der Waals surface area (Å²) in [5.74, 6) is -0.0913. The Labute approximate surface area is 143 Å². The summed E-state index contributed by atoms with van der Waals surface area (Å²) in [5, 5.41) is 4.03. The van der Waals surface area contributed by atoms with Gasteiger partial charge in [-0.1, -0.05) is 0 Å². The molecule has 134 valence electrons. The number of carbonyl (C=O) groups is 1. The molecule has 0 N–H and O–H groups in total. The summed E-state index contributed by atoms with van der Waals surface area (Å²) in [6.45, 7) is 1.44. The SMILES string of the molecule is Cc1ncn(-c2ccc(N3C[C@H](COS(C)(=O)=O)OC3=O)cc2F)n1. The van der Waals surface area contributed by atoms with Crippen LogP contribution < -0.4 is 4.90 Å². The van der Waals surface area contributed by atoms with Crippen LogP contribution in [-0.2, 0) is 19.0 Å². The second-order valence-electron chi connectivity index (χ2n) is 5.48. The molecule has 1 aromatic carbocycles. The van der Waals surface area contributed by atoms with E-state index in [1.165, 1.54) is 34.1 Å². The van der Waals surface area contributed by atoms with Gasteiger partial charge < -0.3 is 4.74 Å². The van der Waals surface area contributed by atoms with E-state index in [-0.39, 0.29) is 24.5 Å². The topological polar surface area (TPSA) is 104 Å². The molecule has 25 heavy (non-hydrogen) atoms. The van der Waals surface area contributed by atoms with Crippen molar-refractivity contribution in [3.8, 4) is 5.69 Å². The smallest absolute Gasteiger partial charge is 0.414 e. The Kier molecular flexibility index (Phi) is 4.43. The molecular weight excluding hydrogens is 355 g/mol. The molecule has 1 fully saturated rings. The van der Waals surface area contributed by atoms with E-state index in [1.807, 2.05) is 0 Å². The van der Waals surface area contributed by atoms with Gasteiger partial charge in [0.1, 0.15) is 30.5 Å². The van der Waals surface area contributed by atoms with Gasteiger partial charge in [0.05, 0.1) is 18.5 Å². The number of rotatable bonds is 5. The molecule has 9 nitrogen and oxygen atoms in total. The number of hydrogen-bond acceptors (Lipinski definition) is 7. The highest BCUT2D eigenvalue weighted by molar-refractivity contribution is 7.85. The Morgan fingerprint density at radius 2 is 2.20 bits per heavy atom. The van der Waals surface area contributed by atoms with Crippen molar-refractivity contribution in [1.82, 2.24) is 14.8 Å². The zero-order chi connectivity index (χ0) is 18.2. The number of halogens is 1. The second-order valence-corrected chi connectivity index (χ2v) is 7.12. The fourth-order valence-electron chi connectivity index (χ4n) is 2.33. The summed E-state index contributed by atoms with van der Waals surface area (Å²) in [6, 6.07) is 4.18. The fourth-order valence-corrected chi connectivity index (χ4v) is 2.73. The van der Waals surface area contributed by atoms with Gasteiger partial charge in [-0.15, -0.1) is 0 Å². The highest BCUT2D eigenvalue weighted by Crippen LogP contribution is 2.25. The third-order valence-corrected chi connectivity index (χ3v) is 4.00. The van der Waals surface area contributed by atoms with Gasteiger partial charge in [0.2, 0.25) is 0 Å². The average molecular weight is 370 g/mol. The quantitative estimate of drug-likeness (QED) is 0.724. The van der Waals surface area contributed by atoms with Gasteiger partial charge in [0.25, 0.3) is 10.1 Å². The van der Waals surface area contributed by atoms with Gasteiger partial charge in [-0.2, -0.15) is 13.5 Å². The van der Waals surface area contributed by atoms with Crippen LogP contribution in [0.15, 0.2) is 24.5 Å². The molecule has 3 rings (SSSR count). The number of anilines is 1. The average Bonchev–Trinajstić information content (AvgIpc) is 3.10. The maximum atomic E-state index is 14.4. The maximum absolute atomic E-state index is 14.4. The number of amides is 1. The number of hydrogen-bond donors (Lipinski definition) is 0. The van der Waals surface area contributed by atoms with Crippen molar-refractivity contribution in [1.29, 1.82) is 0 Å². The lowest BCUT2D eigenvalue weighted by Gasteiger charge is -2.14. The molecule has 0 bridgehead atoms. The van der Waals surface area contributed by atoms with Crippen LogP contribution >= 0.6 is 0 Å². The van der Waals surface area contributed by atoms with Gasteiger partial charge in [0.15, 0.2) is 5.82 Å². The summed E-state index contributed by atoms with van der Waals surface area (Å²) in [7, 11) is -3.64. The van der Waals surface area contributed by atoms with Crippen LogP contribution in [0.3, 0.4) is 0 Å². The number of aromatic nitrogens is 3. The van der Waals surface area contributed by atoms with Gasteiger partial charge in [0, 0.05) is 0 Å². The van der Waals surface area contributed by atoms with Crippen molar-refractivity contribution >= 4 is 21.9 Å². The van der Waals surface area contributed by atoms with Crippen molar-refractivity contribution in [3.63, 3.8) is 0 Å². The molecule has 1 atom stereocenters. The normalized spacial score (nSPS) is 17.8. The van der Waals surface area contributed by atoms with Crippen molar-refractivity contribution < 1.29 is 26.5 Å². The van der Waals surface area contributed by atoms with Crippen LogP contribution in [-0.4, -0.2) is 54.8 Å². The van der Waals surface area contributed by atoms with E-state index in [1.54, 1.807) is 6.92 Å². The molecule has 0 spiro atoms. The number of nitrogens with zero attached hydrogens (tertiary/aromatic N) is 4. The lowest BCUT2D eigenvalue weighted by atomic mass is 10.2. The summed E-state index contributed by atoms with van der Waals surface area (Å²) in [6.07, 6.45) is 0.825. The van der Waals surface area contributed by atoms with Gasteiger partial charge in [-0.3, -0.25) is 9.08 Å².